The number of hydrogen-bond acceptors (Lipinski definition) is 3. The van der Waals surface area contributed by atoms with E-state index in [4.69, 9.17) is 20.7 Å². The van der Waals surface area contributed by atoms with E-state index in [1.54, 1.807) is 0 Å². The molecule has 88 valence electrons. The van der Waals surface area contributed by atoms with Gasteiger partial charge in [0.1, 0.15) is 0 Å². The number of carbonyl (C=O) groups excluding carboxylic acids is 1. The van der Waals surface area contributed by atoms with E-state index in [-0.39, 0.29) is 0 Å². The van der Waals surface area contributed by atoms with Gasteiger partial charge in [0.15, 0.2) is 0 Å². The van der Waals surface area contributed by atoms with Gasteiger partial charge in [-0.15, -0.1) is 6.42 Å². The molecular weight excluding hydrogens is 196 g/mol. The van der Waals surface area contributed by atoms with Gasteiger partial charge in [0.05, 0.1) is 13.2 Å². The highest BCUT2D eigenvalue weighted by atomic mass is 16.7. The molecule has 5 nitrogen and oxygen atoms in total. The van der Waals surface area contributed by atoms with Crippen molar-refractivity contribution in [3.8, 4) is 12.3 Å². The molecule has 0 aromatic heterocycles. The fourth-order valence-electron chi connectivity index (χ4n) is 0.594. The monoisotopic (exact) mass is 216 g/mol. The molecule has 0 aliphatic carbocycles. The van der Waals surface area contributed by atoms with Gasteiger partial charge in [0, 0.05) is 0 Å². The zero-order chi connectivity index (χ0) is 12.1. The van der Waals surface area contributed by atoms with Crippen LogP contribution in [-0.4, -0.2) is 25.5 Å². The molecule has 2 amide bonds. The first-order chi connectivity index (χ1) is 7.08. The average molecular weight is 216 g/mol. The zero-order valence-electron chi connectivity index (χ0n) is 9.36. The van der Waals surface area contributed by atoms with E-state index in [1.807, 2.05) is 13.8 Å². The van der Waals surface area contributed by atoms with E-state index in [1.165, 1.54) is 0 Å². The number of hydrogen-bond donors (Lipinski definition) is 2. The third kappa shape index (κ3) is 19.2. The van der Waals surface area contributed by atoms with Crippen LogP contribution in [0.1, 0.15) is 26.7 Å². The molecule has 15 heavy (non-hydrogen) atoms. The Kier molecular flexibility index (Phi) is 13.8. The van der Waals surface area contributed by atoms with Gasteiger partial charge in [-0.3, -0.25) is 0 Å². The van der Waals surface area contributed by atoms with Crippen molar-refractivity contribution in [3.05, 3.63) is 0 Å². The Morgan fingerprint density at radius 3 is 1.80 bits per heavy atom. The van der Waals surface area contributed by atoms with Gasteiger partial charge in [-0.2, -0.15) is 0 Å². The summed E-state index contributed by atoms with van der Waals surface area (Å²) < 4.78 is 10.4. The van der Waals surface area contributed by atoms with Crippen molar-refractivity contribution in [2.75, 3.05) is 13.2 Å². The van der Waals surface area contributed by atoms with Crippen molar-refractivity contribution in [3.63, 3.8) is 0 Å². The molecule has 4 N–H and O–H groups in total. The minimum Gasteiger partial charge on any atom is -0.352 e. The van der Waals surface area contributed by atoms with Crippen molar-refractivity contribution in [2.45, 2.75) is 33.0 Å². The van der Waals surface area contributed by atoms with Crippen molar-refractivity contribution in [1.29, 1.82) is 0 Å². The van der Waals surface area contributed by atoms with E-state index < -0.39 is 12.3 Å². The van der Waals surface area contributed by atoms with E-state index in [0.717, 1.165) is 12.8 Å². The summed E-state index contributed by atoms with van der Waals surface area (Å²) >= 11 is 0. The summed E-state index contributed by atoms with van der Waals surface area (Å²) in [4.78, 5) is 9.00. The van der Waals surface area contributed by atoms with Crippen LogP contribution in [0.25, 0.3) is 0 Å². The second-order valence-corrected chi connectivity index (χ2v) is 2.64. The lowest BCUT2D eigenvalue weighted by Gasteiger charge is -2.11. The van der Waals surface area contributed by atoms with Gasteiger partial charge < -0.3 is 20.9 Å². The summed E-state index contributed by atoms with van der Waals surface area (Å²) in [6, 6.07) is -0.833. The normalized spacial score (nSPS) is 8.93. The summed E-state index contributed by atoms with van der Waals surface area (Å²) in [5.74, 6) is 2.43. The van der Waals surface area contributed by atoms with Crippen LogP contribution in [-0.2, 0) is 9.47 Å². The second kappa shape index (κ2) is 12.8. The maximum absolute atomic E-state index is 9.00. The molecule has 0 atom stereocenters. The third-order valence-corrected chi connectivity index (χ3v) is 1.08. The van der Waals surface area contributed by atoms with E-state index in [9.17, 15) is 0 Å². The maximum Gasteiger partial charge on any atom is 0.309 e. The molecule has 0 bridgehead atoms. The Morgan fingerprint density at radius 2 is 1.60 bits per heavy atom. The largest absolute Gasteiger partial charge is 0.352 e. The molecule has 0 radical (unpaired) electrons. The number of ether oxygens (including phenoxy) is 2. The Bertz CT molecular complexity index is 178. The quantitative estimate of drug-likeness (QED) is 0.509. The predicted molar refractivity (Wildman–Crippen MR) is 58.9 cm³/mol. The van der Waals surface area contributed by atoms with Crippen LogP contribution >= 0.6 is 0 Å². The average Bonchev–Trinajstić information content (AvgIpc) is 2.17. The molecule has 0 heterocycles. The Morgan fingerprint density at radius 1 is 1.27 bits per heavy atom. The van der Waals surface area contributed by atoms with Crippen molar-refractivity contribution < 1.29 is 14.3 Å². The molecule has 0 spiro atoms. The molecule has 0 rings (SSSR count). The summed E-state index contributed by atoms with van der Waals surface area (Å²) in [6.45, 7) is 5.40. The molecular formula is C10H20N2O3. The van der Waals surface area contributed by atoms with Gasteiger partial charge in [-0.25, -0.2) is 4.79 Å². The summed E-state index contributed by atoms with van der Waals surface area (Å²) in [5, 5.41) is 0. The topological polar surface area (TPSA) is 87.6 Å². The number of primary amides is 2. The SMILES string of the molecule is C#CC(OCCC)OCCC.NC(N)=O. The van der Waals surface area contributed by atoms with Crippen LogP contribution in [0.2, 0.25) is 0 Å². The molecule has 0 aliphatic heterocycles. The van der Waals surface area contributed by atoms with Crippen molar-refractivity contribution in [1.82, 2.24) is 0 Å². The van der Waals surface area contributed by atoms with Gasteiger partial charge in [0.25, 0.3) is 0 Å². The lowest BCUT2D eigenvalue weighted by atomic mass is 10.5. The van der Waals surface area contributed by atoms with Crippen LogP contribution in [0.3, 0.4) is 0 Å². The lowest BCUT2D eigenvalue weighted by molar-refractivity contribution is -0.104. The molecule has 0 aliphatic rings. The Hall–Kier alpha value is -1.25. The van der Waals surface area contributed by atoms with Crippen LogP contribution in [0.15, 0.2) is 0 Å². The number of rotatable bonds is 6. The number of terminal acetylenes is 1. The van der Waals surface area contributed by atoms with Gasteiger partial charge in [-0.05, 0) is 18.8 Å². The van der Waals surface area contributed by atoms with Crippen molar-refractivity contribution >= 4 is 6.03 Å². The van der Waals surface area contributed by atoms with Gasteiger partial charge >= 0.3 is 6.03 Å². The lowest BCUT2D eigenvalue weighted by Crippen LogP contribution is -2.18. The summed E-state index contributed by atoms with van der Waals surface area (Å²) in [6.07, 6.45) is 6.64. The molecule has 0 aromatic rings. The standard InChI is InChI=1S/C9H16O2.CH4N2O/c1-4-7-10-9(6-3)11-8-5-2;2-1(3)4/h3,9H,4-5,7-8H2,1-2H3;(H4,2,3,4). The number of amides is 2. The Labute approximate surface area is 91.1 Å². The molecule has 0 saturated heterocycles. The fourth-order valence-corrected chi connectivity index (χ4v) is 0.594. The van der Waals surface area contributed by atoms with E-state index in [0.29, 0.717) is 13.2 Å². The first kappa shape index (κ1) is 16.2. The van der Waals surface area contributed by atoms with Crippen LogP contribution in [0.4, 0.5) is 4.79 Å². The highest BCUT2D eigenvalue weighted by Crippen LogP contribution is 1.95. The summed E-state index contributed by atoms with van der Waals surface area (Å²) in [7, 11) is 0. The van der Waals surface area contributed by atoms with E-state index in [2.05, 4.69) is 17.4 Å². The van der Waals surface area contributed by atoms with Gasteiger partial charge in [-0.1, -0.05) is 13.8 Å². The Balaban J connectivity index is 0. The molecule has 0 unspecified atom stereocenters. The van der Waals surface area contributed by atoms with E-state index >= 15 is 0 Å². The summed E-state index contributed by atoms with van der Waals surface area (Å²) in [5.41, 5.74) is 8.50. The van der Waals surface area contributed by atoms with Crippen molar-refractivity contribution in [2.24, 2.45) is 11.5 Å². The van der Waals surface area contributed by atoms with Crippen LogP contribution in [0.5, 0.6) is 0 Å². The molecule has 0 fully saturated rings. The smallest absolute Gasteiger partial charge is 0.309 e. The molecule has 0 saturated carbocycles. The highest BCUT2D eigenvalue weighted by molar-refractivity contribution is 5.69. The minimum absolute atomic E-state index is 0.449. The minimum atomic E-state index is -0.833. The highest BCUT2D eigenvalue weighted by Gasteiger charge is 2.01. The third-order valence-electron chi connectivity index (χ3n) is 1.08. The first-order valence-electron chi connectivity index (χ1n) is 4.82. The molecule has 0 aromatic carbocycles. The predicted octanol–water partition coefficient (Wildman–Crippen LogP) is 0.823. The first-order valence-corrected chi connectivity index (χ1v) is 4.82. The van der Waals surface area contributed by atoms with Crippen LogP contribution < -0.4 is 11.5 Å². The fraction of sp³-hybridized carbons (Fsp3) is 0.700. The number of urea groups is 1. The van der Waals surface area contributed by atoms with Gasteiger partial charge in [0.2, 0.25) is 6.29 Å². The maximum atomic E-state index is 9.00. The second-order valence-electron chi connectivity index (χ2n) is 2.64. The number of nitrogens with two attached hydrogens (primary N) is 2. The zero-order valence-corrected chi connectivity index (χ0v) is 9.36. The van der Waals surface area contributed by atoms with Crippen LogP contribution in [0, 0.1) is 12.3 Å². The number of carbonyl (C=O) groups is 1. The molecule has 5 heteroatoms.